The van der Waals surface area contributed by atoms with Crippen LogP contribution in [0.4, 0.5) is 5.69 Å². The van der Waals surface area contributed by atoms with E-state index in [4.69, 9.17) is 19.5 Å². The van der Waals surface area contributed by atoms with E-state index in [2.05, 4.69) is 5.32 Å². The molecule has 12 nitrogen and oxygen atoms in total. The molecule has 2 aromatic carbocycles. The lowest BCUT2D eigenvalue weighted by molar-refractivity contribution is -0.384. The number of nitro groups is 1. The molecule has 2 aromatic rings. The van der Waals surface area contributed by atoms with Gasteiger partial charge in [0.1, 0.15) is 6.04 Å². The summed E-state index contributed by atoms with van der Waals surface area (Å²) >= 11 is 0. The van der Waals surface area contributed by atoms with Crippen molar-refractivity contribution in [2.75, 3.05) is 19.8 Å². The van der Waals surface area contributed by atoms with E-state index in [-0.39, 0.29) is 43.7 Å². The number of amides is 2. The first-order chi connectivity index (χ1) is 18.0. The van der Waals surface area contributed by atoms with E-state index in [1.165, 1.54) is 36.4 Å². The Kier molecular flexibility index (Phi) is 11.6. The molecule has 38 heavy (non-hydrogen) atoms. The summed E-state index contributed by atoms with van der Waals surface area (Å²) in [6.07, 6.45) is -0.287. The standard InChI is InChI=1S/C25H32N3O9P/c1-4-35-22(29)15-21(18-11-13-20(14-12-18)28(32)33)23(24(26)30)27-25(31)19-9-7-17(8-10-19)16-38(34,36-5-2)37-6-3/h7-14,21,23H,4-6,15-16H2,1-3H3,(H2,26,30)(H,27,31)/t21-,23+/m0/s1. The van der Waals surface area contributed by atoms with E-state index < -0.39 is 42.3 Å². The van der Waals surface area contributed by atoms with Crippen molar-refractivity contribution < 1.29 is 37.7 Å². The first-order valence-corrected chi connectivity index (χ1v) is 13.7. The maximum absolute atomic E-state index is 13.0. The van der Waals surface area contributed by atoms with Gasteiger partial charge in [-0.05, 0) is 44.0 Å². The molecule has 0 saturated heterocycles. The van der Waals surface area contributed by atoms with E-state index in [0.717, 1.165) is 0 Å². The largest absolute Gasteiger partial charge is 0.466 e. The smallest absolute Gasteiger partial charge is 0.335 e. The molecule has 0 saturated carbocycles. The van der Waals surface area contributed by atoms with Crippen LogP contribution in [0.25, 0.3) is 0 Å². The monoisotopic (exact) mass is 549 g/mol. The lowest BCUT2D eigenvalue weighted by Gasteiger charge is -2.25. The second-order valence-corrected chi connectivity index (χ2v) is 10.2. The molecule has 0 unspecified atom stereocenters. The van der Waals surface area contributed by atoms with Crippen LogP contribution in [0.1, 0.15) is 54.6 Å². The van der Waals surface area contributed by atoms with E-state index in [0.29, 0.717) is 11.1 Å². The fourth-order valence-electron chi connectivity index (χ4n) is 3.77. The Bertz CT molecular complexity index is 1160. The zero-order chi connectivity index (χ0) is 28.3. The number of rotatable bonds is 15. The number of hydrogen-bond donors (Lipinski definition) is 2. The van der Waals surface area contributed by atoms with Crippen molar-refractivity contribution in [1.82, 2.24) is 5.32 Å². The summed E-state index contributed by atoms with van der Waals surface area (Å²) in [6.45, 7) is 5.57. The van der Waals surface area contributed by atoms with Crippen LogP contribution in [0.3, 0.4) is 0 Å². The van der Waals surface area contributed by atoms with Gasteiger partial charge in [-0.25, -0.2) is 0 Å². The van der Waals surface area contributed by atoms with Crippen LogP contribution in [0.15, 0.2) is 48.5 Å². The SMILES string of the molecule is CCOC(=O)C[C@@H](c1ccc([N+](=O)[O-])cc1)[C@@H](NC(=O)c1ccc(CP(=O)(OCC)OCC)cc1)C(N)=O. The normalized spacial score (nSPS) is 12.8. The number of nitro benzene ring substituents is 1. The van der Waals surface area contributed by atoms with Crippen LogP contribution in [-0.2, 0) is 34.1 Å². The Morgan fingerprint density at radius 3 is 2.03 bits per heavy atom. The maximum Gasteiger partial charge on any atom is 0.335 e. The molecule has 0 aliphatic heterocycles. The number of ether oxygens (including phenoxy) is 1. The number of carbonyl (C=O) groups excluding carboxylic acids is 3. The molecule has 0 fully saturated rings. The predicted molar refractivity (Wildman–Crippen MR) is 139 cm³/mol. The Hall–Kier alpha value is -3.60. The van der Waals surface area contributed by atoms with Gasteiger partial charge in [0.05, 0.1) is 37.3 Å². The summed E-state index contributed by atoms with van der Waals surface area (Å²) < 4.78 is 28.4. The number of nitrogens with two attached hydrogens (primary N) is 1. The minimum Gasteiger partial charge on any atom is -0.466 e. The summed E-state index contributed by atoms with van der Waals surface area (Å²) in [4.78, 5) is 48.2. The summed E-state index contributed by atoms with van der Waals surface area (Å²) in [5.41, 5.74) is 6.60. The van der Waals surface area contributed by atoms with E-state index in [9.17, 15) is 29.1 Å². The van der Waals surface area contributed by atoms with E-state index >= 15 is 0 Å². The summed E-state index contributed by atoms with van der Waals surface area (Å²) in [5, 5.41) is 13.6. The highest BCUT2D eigenvalue weighted by Crippen LogP contribution is 2.51. The lowest BCUT2D eigenvalue weighted by Crippen LogP contribution is -2.48. The molecule has 0 radical (unpaired) electrons. The first-order valence-electron chi connectivity index (χ1n) is 12.0. The molecule has 13 heteroatoms. The molecule has 0 aliphatic rings. The van der Waals surface area contributed by atoms with Crippen molar-refractivity contribution in [3.8, 4) is 0 Å². The molecular formula is C25H32N3O9P. The van der Waals surface area contributed by atoms with Gasteiger partial charge in [-0.1, -0.05) is 24.3 Å². The third-order valence-electron chi connectivity index (χ3n) is 5.46. The summed E-state index contributed by atoms with van der Waals surface area (Å²) in [5.74, 6) is -3.13. The van der Waals surface area contributed by atoms with Crippen molar-refractivity contribution in [2.24, 2.45) is 5.73 Å². The van der Waals surface area contributed by atoms with Crippen molar-refractivity contribution >= 4 is 31.1 Å². The number of carbonyl (C=O) groups is 3. The third-order valence-corrected chi connectivity index (χ3v) is 7.52. The molecule has 0 bridgehead atoms. The molecule has 0 aliphatic carbocycles. The molecule has 0 heterocycles. The number of nitrogens with one attached hydrogen (secondary N) is 1. The molecule has 0 spiro atoms. The highest BCUT2D eigenvalue weighted by Gasteiger charge is 2.33. The van der Waals surface area contributed by atoms with E-state index in [1.807, 2.05) is 0 Å². The molecule has 2 atom stereocenters. The fraction of sp³-hybridized carbons (Fsp3) is 0.400. The number of hydrogen-bond acceptors (Lipinski definition) is 9. The van der Waals surface area contributed by atoms with Gasteiger partial charge >= 0.3 is 13.6 Å². The Balaban J connectivity index is 2.29. The van der Waals surface area contributed by atoms with Gasteiger partial charge in [0.2, 0.25) is 5.91 Å². The predicted octanol–water partition coefficient (Wildman–Crippen LogP) is 3.68. The highest BCUT2D eigenvalue weighted by molar-refractivity contribution is 7.53. The maximum atomic E-state index is 13.0. The van der Waals surface area contributed by atoms with Crippen molar-refractivity contribution in [2.45, 2.75) is 45.3 Å². The zero-order valence-corrected chi connectivity index (χ0v) is 22.3. The van der Waals surface area contributed by atoms with Gasteiger partial charge < -0.3 is 24.8 Å². The third kappa shape index (κ3) is 8.76. The molecule has 2 amide bonds. The number of non-ortho nitro benzene ring substituents is 1. The van der Waals surface area contributed by atoms with Crippen molar-refractivity contribution in [3.05, 3.63) is 75.3 Å². The quantitative estimate of drug-likeness (QED) is 0.145. The van der Waals surface area contributed by atoms with Gasteiger partial charge in [-0.3, -0.25) is 29.1 Å². The highest BCUT2D eigenvalue weighted by atomic mass is 31.2. The summed E-state index contributed by atoms with van der Waals surface area (Å²) in [6, 6.07) is 10.1. The molecule has 0 aromatic heterocycles. The topological polar surface area (TPSA) is 177 Å². The van der Waals surface area contributed by atoms with E-state index in [1.54, 1.807) is 32.9 Å². The summed E-state index contributed by atoms with van der Waals surface area (Å²) in [7, 11) is -3.34. The molecule has 3 N–H and O–H groups in total. The fourth-order valence-corrected chi connectivity index (χ4v) is 5.47. The number of esters is 1. The second-order valence-electron chi connectivity index (χ2n) is 8.12. The van der Waals surface area contributed by atoms with Crippen LogP contribution >= 0.6 is 7.60 Å². The average molecular weight is 550 g/mol. The van der Waals surface area contributed by atoms with Crippen LogP contribution in [0.2, 0.25) is 0 Å². The Morgan fingerprint density at radius 2 is 1.55 bits per heavy atom. The van der Waals surface area contributed by atoms with Gasteiger partial charge in [0.25, 0.3) is 11.6 Å². The number of benzene rings is 2. The van der Waals surface area contributed by atoms with Gasteiger partial charge in [0, 0.05) is 23.6 Å². The Morgan fingerprint density at radius 1 is 0.974 bits per heavy atom. The minimum atomic E-state index is -3.34. The Labute approximate surface area is 220 Å². The van der Waals surface area contributed by atoms with Crippen LogP contribution < -0.4 is 11.1 Å². The van der Waals surface area contributed by atoms with Gasteiger partial charge in [0.15, 0.2) is 0 Å². The molecule has 206 valence electrons. The minimum absolute atomic E-state index is 0.0161. The average Bonchev–Trinajstić information content (AvgIpc) is 2.86. The van der Waals surface area contributed by atoms with Crippen molar-refractivity contribution in [1.29, 1.82) is 0 Å². The molecular weight excluding hydrogens is 517 g/mol. The number of primary amides is 1. The number of nitrogens with zero attached hydrogens (tertiary/aromatic N) is 1. The van der Waals surface area contributed by atoms with Crippen molar-refractivity contribution in [3.63, 3.8) is 0 Å². The molecule has 2 rings (SSSR count). The lowest BCUT2D eigenvalue weighted by atomic mass is 9.87. The first kappa shape index (κ1) is 30.6. The van der Waals surface area contributed by atoms with Gasteiger partial charge in [-0.2, -0.15) is 0 Å². The second kappa shape index (κ2) is 14.4. The van der Waals surface area contributed by atoms with Crippen LogP contribution in [0.5, 0.6) is 0 Å². The van der Waals surface area contributed by atoms with Crippen LogP contribution in [0, 0.1) is 10.1 Å². The zero-order valence-electron chi connectivity index (χ0n) is 21.5. The van der Waals surface area contributed by atoms with Crippen LogP contribution in [-0.4, -0.2) is 48.6 Å². The van der Waals surface area contributed by atoms with Gasteiger partial charge in [-0.15, -0.1) is 0 Å².